The van der Waals surface area contributed by atoms with Crippen molar-refractivity contribution in [3.05, 3.63) is 18.0 Å². The maximum Gasteiger partial charge on any atom is 0.453 e. The quantitative estimate of drug-likeness (QED) is 0.662. The van der Waals surface area contributed by atoms with Gasteiger partial charge in [0.2, 0.25) is 5.13 Å². The second kappa shape index (κ2) is 6.89. The topological polar surface area (TPSA) is 80.9 Å². The van der Waals surface area contributed by atoms with Crippen molar-refractivity contribution in [3.8, 4) is 0 Å². The molecule has 3 aromatic heterocycles. The van der Waals surface area contributed by atoms with Crippen LogP contribution in [0.25, 0.3) is 5.65 Å². The summed E-state index contributed by atoms with van der Waals surface area (Å²) in [6.07, 6.45) is -2.53. The predicted molar refractivity (Wildman–Crippen MR) is 83.2 cm³/mol. The van der Waals surface area contributed by atoms with Gasteiger partial charge in [0.1, 0.15) is 5.03 Å². The summed E-state index contributed by atoms with van der Waals surface area (Å²) in [6.45, 7) is 2.89. The van der Waals surface area contributed by atoms with E-state index in [1.165, 1.54) is 17.4 Å². The van der Waals surface area contributed by atoms with Crippen LogP contribution in [0.5, 0.6) is 0 Å². The molecule has 0 atom stereocenters. The third-order valence-corrected chi connectivity index (χ3v) is 4.76. The highest BCUT2D eigenvalue weighted by molar-refractivity contribution is 8.01. The molecule has 0 fully saturated rings. The molecule has 3 aromatic rings. The number of hydrogen-bond acceptors (Lipinski definition) is 8. The Morgan fingerprint density at radius 3 is 2.79 bits per heavy atom. The van der Waals surface area contributed by atoms with Crippen LogP contribution >= 0.6 is 23.1 Å². The first kappa shape index (κ1) is 16.9. The Morgan fingerprint density at radius 1 is 1.21 bits per heavy atom. The molecule has 128 valence electrons. The fraction of sp³-hybridized carbons (Fsp3) is 0.417. The van der Waals surface area contributed by atoms with E-state index < -0.39 is 12.0 Å². The van der Waals surface area contributed by atoms with Crippen LogP contribution in [0.3, 0.4) is 0 Å². The molecule has 0 aliphatic carbocycles. The second-order valence-electron chi connectivity index (χ2n) is 4.72. The first-order valence-electron chi connectivity index (χ1n) is 7.02. The zero-order valence-corrected chi connectivity index (χ0v) is 14.0. The van der Waals surface area contributed by atoms with Crippen LogP contribution in [0.1, 0.15) is 25.6 Å². The van der Waals surface area contributed by atoms with Crippen molar-refractivity contribution >= 4 is 33.9 Å². The number of rotatable bonds is 6. The molecule has 1 N–H and O–H groups in total. The van der Waals surface area contributed by atoms with Crippen molar-refractivity contribution in [3.63, 3.8) is 0 Å². The zero-order chi connectivity index (χ0) is 17.2. The van der Waals surface area contributed by atoms with E-state index >= 15 is 0 Å². The Morgan fingerprint density at radius 2 is 2.04 bits per heavy atom. The molecule has 0 amide bonds. The minimum absolute atomic E-state index is 0.0332. The van der Waals surface area contributed by atoms with Crippen molar-refractivity contribution < 1.29 is 13.2 Å². The fourth-order valence-electron chi connectivity index (χ4n) is 1.79. The molecule has 0 unspecified atom stereocenters. The maximum atomic E-state index is 12.9. The average molecular weight is 375 g/mol. The number of anilines is 1. The largest absolute Gasteiger partial charge is 0.453 e. The lowest BCUT2D eigenvalue weighted by molar-refractivity contribution is -0.146. The highest BCUT2D eigenvalue weighted by atomic mass is 32.2. The molecule has 0 saturated carbocycles. The molecule has 0 radical (unpaired) electrons. The van der Waals surface area contributed by atoms with Crippen molar-refractivity contribution in [1.82, 2.24) is 30.0 Å². The van der Waals surface area contributed by atoms with E-state index in [4.69, 9.17) is 0 Å². The molecule has 0 aliphatic rings. The van der Waals surface area contributed by atoms with Crippen LogP contribution in [-0.4, -0.2) is 36.6 Å². The Balaban J connectivity index is 1.78. The highest BCUT2D eigenvalue weighted by Gasteiger charge is 2.37. The first-order chi connectivity index (χ1) is 11.5. The Bertz CT molecular complexity index is 830. The summed E-state index contributed by atoms with van der Waals surface area (Å²) in [7, 11) is 0. The second-order valence-corrected chi connectivity index (χ2v) is 6.96. The van der Waals surface area contributed by atoms with E-state index in [-0.39, 0.29) is 5.65 Å². The van der Waals surface area contributed by atoms with Crippen LogP contribution in [0.15, 0.2) is 21.5 Å². The monoisotopic (exact) mass is 375 g/mol. The lowest BCUT2D eigenvalue weighted by Crippen LogP contribution is -2.12. The predicted octanol–water partition coefficient (Wildman–Crippen LogP) is 3.36. The molecule has 0 aliphatic heterocycles. The smallest absolute Gasteiger partial charge is 0.360 e. The summed E-state index contributed by atoms with van der Waals surface area (Å²) >= 11 is 2.46. The molecular weight excluding hydrogens is 363 g/mol. The Kier molecular flexibility index (Phi) is 4.85. The maximum absolute atomic E-state index is 12.9. The number of halogens is 3. The molecule has 7 nitrogen and oxygen atoms in total. The minimum atomic E-state index is -4.62. The summed E-state index contributed by atoms with van der Waals surface area (Å²) in [5.41, 5.74) is 0.0332. The van der Waals surface area contributed by atoms with Gasteiger partial charge in [0.15, 0.2) is 9.99 Å². The summed E-state index contributed by atoms with van der Waals surface area (Å²) in [5.74, 6) is -1.15. The lowest BCUT2D eigenvalue weighted by atomic mass is 10.3. The average Bonchev–Trinajstić information content (AvgIpc) is 3.13. The van der Waals surface area contributed by atoms with Crippen molar-refractivity contribution in [2.45, 2.75) is 35.3 Å². The first-order valence-corrected chi connectivity index (χ1v) is 8.65. The van der Waals surface area contributed by atoms with E-state index in [1.807, 2.05) is 0 Å². The third-order valence-electron chi connectivity index (χ3n) is 2.90. The van der Waals surface area contributed by atoms with Crippen molar-refractivity contribution in [2.24, 2.45) is 0 Å². The molecule has 3 heterocycles. The molecule has 3 rings (SSSR count). The van der Waals surface area contributed by atoms with Gasteiger partial charge in [-0.25, -0.2) is 0 Å². The number of hydrogen-bond donors (Lipinski definition) is 1. The fourth-order valence-corrected chi connectivity index (χ4v) is 3.47. The van der Waals surface area contributed by atoms with E-state index in [0.29, 0.717) is 19.0 Å². The van der Waals surface area contributed by atoms with Gasteiger partial charge < -0.3 is 5.32 Å². The molecule has 12 heteroatoms. The molecule has 0 spiro atoms. The summed E-state index contributed by atoms with van der Waals surface area (Å²) in [5, 5.41) is 22.7. The Hall–Kier alpha value is -1.95. The van der Waals surface area contributed by atoms with E-state index in [0.717, 1.165) is 31.1 Å². The van der Waals surface area contributed by atoms with Crippen LogP contribution in [-0.2, 0) is 6.18 Å². The lowest BCUT2D eigenvalue weighted by Gasteiger charge is -2.03. The van der Waals surface area contributed by atoms with Crippen molar-refractivity contribution in [2.75, 3.05) is 11.9 Å². The normalized spacial score (nSPS) is 12.0. The standard InChI is InChI=1S/C12H12F3N7S2/c1-2-3-6-16-10-19-20-11(24-10)23-8-5-4-7-17-18-9(12(13,14)15)22(7)21-8/h4-5H,2-3,6H2,1H3,(H,16,19). The van der Waals surface area contributed by atoms with Crippen LogP contribution in [0.4, 0.5) is 18.3 Å². The summed E-state index contributed by atoms with van der Waals surface area (Å²) < 4.78 is 39.9. The van der Waals surface area contributed by atoms with Gasteiger partial charge in [-0.3, -0.25) is 0 Å². The van der Waals surface area contributed by atoms with Gasteiger partial charge in [-0.2, -0.15) is 22.8 Å². The number of nitrogens with zero attached hydrogens (tertiary/aromatic N) is 6. The van der Waals surface area contributed by atoms with Crippen LogP contribution in [0.2, 0.25) is 0 Å². The molecule has 0 aromatic carbocycles. The van der Waals surface area contributed by atoms with Gasteiger partial charge in [-0.15, -0.1) is 20.4 Å². The number of nitrogens with one attached hydrogen (secondary N) is 1. The van der Waals surface area contributed by atoms with Gasteiger partial charge in [-0.05, 0) is 30.3 Å². The van der Waals surface area contributed by atoms with Crippen LogP contribution < -0.4 is 5.32 Å². The minimum Gasteiger partial charge on any atom is -0.360 e. The Labute approximate surface area is 142 Å². The SMILES string of the molecule is CCCCNc1nnc(Sc2ccc3nnc(C(F)(F)F)n3n2)s1. The van der Waals surface area contributed by atoms with Crippen molar-refractivity contribution in [1.29, 1.82) is 0 Å². The summed E-state index contributed by atoms with van der Waals surface area (Å²) in [6, 6.07) is 3.00. The van der Waals surface area contributed by atoms with Gasteiger partial charge in [0.25, 0.3) is 5.82 Å². The summed E-state index contributed by atoms with van der Waals surface area (Å²) in [4.78, 5) is 0. The highest BCUT2D eigenvalue weighted by Crippen LogP contribution is 2.32. The zero-order valence-electron chi connectivity index (χ0n) is 12.4. The molecular formula is C12H12F3N7S2. The van der Waals surface area contributed by atoms with E-state index in [2.05, 4.69) is 37.7 Å². The molecule has 24 heavy (non-hydrogen) atoms. The third kappa shape index (κ3) is 3.75. The van der Waals surface area contributed by atoms with Gasteiger partial charge in [0.05, 0.1) is 0 Å². The van der Waals surface area contributed by atoms with Gasteiger partial charge in [-0.1, -0.05) is 24.7 Å². The molecule has 0 saturated heterocycles. The number of unbranched alkanes of at least 4 members (excludes halogenated alkanes) is 1. The number of aromatic nitrogens is 6. The number of alkyl halides is 3. The van der Waals surface area contributed by atoms with Crippen LogP contribution in [0, 0.1) is 0 Å². The number of fused-ring (bicyclic) bond motifs is 1. The van der Waals surface area contributed by atoms with E-state index in [9.17, 15) is 13.2 Å². The van der Waals surface area contributed by atoms with Gasteiger partial charge in [0, 0.05) is 6.54 Å². The molecule has 0 bridgehead atoms. The van der Waals surface area contributed by atoms with E-state index in [1.54, 1.807) is 6.07 Å². The van der Waals surface area contributed by atoms with Gasteiger partial charge >= 0.3 is 6.18 Å².